The van der Waals surface area contributed by atoms with Crippen LogP contribution in [0.25, 0.3) is 0 Å². The van der Waals surface area contributed by atoms with Gasteiger partial charge in [0.15, 0.2) is 0 Å². The van der Waals surface area contributed by atoms with Crippen LogP contribution in [0.4, 0.5) is 0 Å². The van der Waals surface area contributed by atoms with E-state index >= 15 is 0 Å². The lowest BCUT2D eigenvalue weighted by Gasteiger charge is -2.33. The van der Waals surface area contributed by atoms with Crippen molar-refractivity contribution in [1.29, 1.82) is 0 Å². The summed E-state index contributed by atoms with van der Waals surface area (Å²) in [4.78, 5) is 15.1. The summed E-state index contributed by atoms with van der Waals surface area (Å²) in [5, 5.41) is 0. The maximum absolute atomic E-state index is 13.2. The van der Waals surface area contributed by atoms with Gasteiger partial charge in [0.05, 0.1) is 24.2 Å². The number of ether oxygens (including phenoxy) is 2. The molecule has 1 unspecified atom stereocenters. The van der Waals surface area contributed by atoms with Crippen molar-refractivity contribution in [2.24, 2.45) is 0 Å². The molecule has 0 aromatic heterocycles. The van der Waals surface area contributed by atoms with E-state index in [2.05, 4.69) is 0 Å². The van der Waals surface area contributed by atoms with E-state index in [1.807, 2.05) is 13.8 Å². The van der Waals surface area contributed by atoms with Crippen molar-refractivity contribution in [2.75, 3.05) is 46.0 Å². The van der Waals surface area contributed by atoms with Crippen LogP contribution in [0.5, 0.6) is 0 Å². The van der Waals surface area contributed by atoms with Crippen molar-refractivity contribution in [1.82, 2.24) is 9.21 Å². The minimum absolute atomic E-state index is 0.0502. The van der Waals surface area contributed by atoms with Crippen molar-refractivity contribution in [3.8, 4) is 0 Å². The summed E-state index contributed by atoms with van der Waals surface area (Å²) in [5.74, 6) is -0.134. The van der Waals surface area contributed by atoms with Crippen molar-refractivity contribution in [3.63, 3.8) is 0 Å². The van der Waals surface area contributed by atoms with Gasteiger partial charge in [-0.3, -0.25) is 4.79 Å². The molecule has 0 aliphatic carbocycles. The van der Waals surface area contributed by atoms with E-state index in [1.165, 1.54) is 4.31 Å². The summed E-state index contributed by atoms with van der Waals surface area (Å²) in [6.07, 6.45) is 2.48. The predicted molar refractivity (Wildman–Crippen MR) is 106 cm³/mol. The number of rotatable bonds is 6. The van der Waals surface area contributed by atoms with Crippen LogP contribution < -0.4 is 0 Å². The van der Waals surface area contributed by atoms with Gasteiger partial charge >= 0.3 is 0 Å². The number of morpholine rings is 1. The highest BCUT2D eigenvalue weighted by Gasteiger charge is 2.30. The first-order chi connectivity index (χ1) is 13.5. The molecule has 7 nitrogen and oxygen atoms in total. The van der Waals surface area contributed by atoms with Gasteiger partial charge in [0.2, 0.25) is 10.0 Å². The molecule has 0 spiro atoms. The second kappa shape index (κ2) is 9.35. The number of carbonyl (C=O) groups excluding carboxylic acids is 1. The molecule has 0 saturated carbocycles. The number of hydrogen-bond donors (Lipinski definition) is 0. The number of piperidine rings is 1. The summed E-state index contributed by atoms with van der Waals surface area (Å²) in [5.41, 5.74) is 1.15. The SMILES string of the molecule is CCOC1CCCN(C(=O)c2ccc(CC)c(S(=O)(=O)N3CCOCC3)c2)C1. The molecule has 1 aromatic carbocycles. The van der Waals surface area contributed by atoms with Crippen LogP contribution in [0.15, 0.2) is 23.1 Å². The molecular formula is C20H30N2O5S. The fourth-order valence-electron chi connectivity index (χ4n) is 3.82. The Bertz CT molecular complexity index is 788. The molecule has 0 bridgehead atoms. The van der Waals surface area contributed by atoms with E-state index in [0.717, 1.165) is 18.4 Å². The van der Waals surface area contributed by atoms with Crippen LogP contribution >= 0.6 is 0 Å². The fraction of sp³-hybridized carbons (Fsp3) is 0.650. The van der Waals surface area contributed by atoms with Crippen molar-refractivity contribution in [2.45, 2.75) is 44.1 Å². The Hall–Kier alpha value is -1.48. The summed E-state index contributed by atoms with van der Waals surface area (Å²) in [7, 11) is -3.65. The number of likely N-dealkylation sites (tertiary alicyclic amines) is 1. The Labute approximate surface area is 167 Å². The van der Waals surface area contributed by atoms with E-state index in [4.69, 9.17) is 9.47 Å². The molecular weight excluding hydrogens is 380 g/mol. The average molecular weight is 411 g/mol. The number of sulfonamides is 1. The molecule has 3 rings (SSSR count). The molecule has 28 heavy (non-hydrogen) atoms. The topological polar surface area (TPSA) is 76.2 Å². The predicted octanol–water partition coefficient (Wildman–Crippen LogP) is 1.91. The molecule has 2 aliphatic rings. The van der Waals surface area contributed by atoms with Crippen LogP contribution in [0.2, 0.25) is 0 Å². The molecule has 8 heteroatoms. The van der Waals surface area contributed by atoms with Gasteiger partial charge in [-0.1, -0.05) is 13.0 Å². The standard InChI is InChI=1S/C20H30N2O5S/c1-3-16-7-8-17(20(23)21-9-5-6-18(15-21)27-4-2)14-19(16)28(24,25)22-10-12-26-13-11-22/h7-8,14,18H,3-6,9-13,15H2,1-2H3. The number of aryl methyl sites for hydroxylation is 1. The first-order valence-electron chi connectivity index (χ1n) is 10.1. The lowest BCUT2D eigenvalue weighted by atomic mass is 10.0. The molecule has 0 N–H and O–H groups in total. The minimum atomic E-state index is -3.65. The van der Waals surface area contributed by atoms with Crippen molar-refractivity contribution in [3.05, 3.63) is 29.3 Å². The highest BCUT2D eigenvalue weighted by atomic mass is 32.2. The zero-order valence-corrected chi connectivity index (χ0v) is 17.5. The lowest BCUT2D eigenvalue weighted by molar-refractivity contribution is 0.00723. The fourth-order valence-corrected chi connectivity index (χ4v) is 5.55. The number of nitrogens with zero attached hydrogens (tertiary/aromatic N) is 2. The maximum Gasteiger partial charge on any atom is 0.253 e. The number of benzene rings is 1. The van der Waals surface area contributed by atoms with Gasteiger partial charge in [-0.15, -0.1) is 0 Å². The van der Waals surface area contributed by atoms with Crippen LogP contribution in [0.1, 0.15) is 42.6 Å². The number of carbonyl (C=O) groups is 1. The molecule has 2 fully saturated rings. The van der Waals surface area contributed by atoms with Gasteiger partial charge in [0.25, 0.3) is 5.91 Å². The summed E-state index contributed by atoms with van der Waals surface area (Å²) >= 11 is 0. The molecule has 2 heterocycles. The van der Waals surface area contributed by atoms with Crippen molar-refractivity contribution < 1.29 is 22.7 Å². The van der Waals surface area contributed by atoms with Crippen LogP contribution in [-0.2, 0) is 25.9 Å². The number of hydrogen-bond acceptors (Lipinski definition) is 5. The third kappa shape index (κ3) is 4.56. The molecule has 1 aromatic rings. The van der Waals surface area contributed by atoms with Gasteiger partial charge in [-0.25, -0.2) is 8.42 Å². The monoisotopic (exact) mass is 410 g/mol. The van der Waals surface area contributed by atoms with Gasteiger partial charge in [0.1, 0.15) is 0 Å². The highest BCUT2D eigenvalue weighted by molar-refractivity contribution is 7.89. The first-order valence-corrected chi connectivity index (χ1v) is 11.5. The van der Waals surface area contributed by atoms with Crippen LogP contribution in [0.3, 0.4) is 0 Å². The smallest absolute Gasteiger partial charge is 0.253 e. The van der Waals surface area contributed by atoms with E-state index in [-0.39, 0.29) is 16.9 Å². The zero-order valence-electron chi connectivity index (χ0n) is 16.7. The molecule has 2 saturated heterocycles. The molecule has 1 amide bonds. The first kappa shape index (κ1) is 21.2. The molecule has 1 atom stereocenters. The van der Waals surface area contributed by atoms with Crippen molar-refractivity contribution >= 4 is 15.9 Å². The van der Waals surface area contributed by atoms with Gasteiger partial charge in [-0.2, -0.15) is 4.31 Å². The largest absolute Gasteiger partial charge is 0.379 e. The van der Waals surface area contributed by atoms with E-state index in [0.29, 0.717) is 58.0 Å². The summed E-state index contributed by atoms with van der Waals surface area (Å²) < 4.78 is 38.8. The zero-order chi connectivity index (χ0) is 20.1. The average Bonchev–Trinajstić information content (AvgIpc) is 2.74. The van der Waals surface area contributed by atoms with Crippen LogP contribution in [-0.4, -0.2) is 75.6 Å². The second-order valence-corrected chi connectivity index (χ2v) is 9.07. The van der Waals surface area contributed by atoms with Gasteiger partial charge in [0, 0.05) is 38.3 Å². The molecule has 0 radical (unpaired) electrons. The maximum atomic E-state index is 13.2. The van der Waals surface area contributed by atoms with Crippen LogP contribution in [0, 0.1) is 0 Å². The minimum Gasteiger partial charge on any atom is -0.379 e. The van der Waals surface area contributed by atoms with E-state index < -0.39 is 10.0 Å². The lowest BCUT2D eigenvalue weighted by Crippen LogP contribution is -2.43. The van der Waals surface area contributed by atoms with E-state index in [9.17, 15) is 13.2 Å². The Balaban J connectivity index is 1.87. The number of amides is 1. The Kier molecular flexibility index (Phi) is 7.09. The van der Waals surface area contributed by atoms with Gasteiger partial charge in [-0.05, 0) is 43.9 Å². The third-order valence-corrected chi connectivity index (χ3v) is 7.33. The van der Waals surface area contributed by atoms with E-state index in [1.54, 1.807) is 23.1 Å². The second-order valence-electron chi connectivity index (χ2n) is 7.16. The Morgan fingerprint density at radius 1 is 1.21 bits per heavy atom. The Morgan fingerprint density at radius 2 is 1.96 bits per heavy atom. The Morgan fingerprint density at radius 3 is 2.64 bits per heavy atom. The summed E-state index contributed by atoms with van der Waals surface area (Å²) in [6.45, 7) is 7.19. The normalized spacial score (nSPS) is 21.6. The summed E-state index contributed by atoms with van der Waals surface area (Å²) in [6, 6.07) is 5.06. The third-order valence-electron chi connectivity index (χ3n) is 5.35. The quantitative estimate of drug-likeness (QED) is 0.716. The highest BCUT2D eigenvalue weighted by Crippen LogP contribution is 2.25. The van der Waals surface area contributed by atoms with Gasteiger partial charge < -0.3 is 14.4 Å². The molecule has 2 aliphatic heterocycles. The molecule has 156 valence electrons.